The van der Waals surface area contributed by atoms with Crippen molar-refractivity contribution in [3.05, 3.63) is 0 Å². The van der Waals surface area contributed by atoms with Gasteiger partial charge in [-0.25, -0.2) is 8.42 Å². The smallest absolute Gasteiger partial charge is 0.148 e. The third-order valence-electron chi connectivity index (χ3n) is 3.08. The van der Waals surface area contributed by atoms with E-state index in [0.29, 0.717) is 13.1 Å². The largest absolute Gasteiger partial charge is 0.329 e. The lowest BCUT2D eigenvalue weighted by Gasteiger charge is -2.39. The topological polar surface area (TPSA) is 63.4 Å². The average Bonchev–Trinajstić information content (AvgIpc) is 2.16. The summed E-state index contributed by atoms with van der Waals surface area (Å²) in [5, 5.41) is 0. The third-order valence-corrected chi connectivity index (χ3v) is 4.00. The van der Waals surface area contributed by atoms with Gasteiger partial charge in [-0.2, -0.15) is 0 Å². The Morgan fingerprint density at radius 3 is 2.13 bits per heavy atom. The number of rotatable bonds is 7. The van der Waals surface area contributed by atoms with Gasteiger partial charge in [-0.15, -0.1) is 0 Å². The van der Waals surface area contributed by atoms with Crippen molar-refractivity contribution >= 4 is 9.84 Å². The molecule has 92 valence electrons. The van der Waals surface area contributed by atoms with Crippen LogP contribution in [-0.2, 0) is 9.84 Å². The highest BCUT2D eigenvalue weighted by Crippen LogP contribution is 2.17. The molecule has 15 heavy (non-hydrogen) atoms. The first-order valence-electron chi connectivity index (χ1n) is 5.42. The molecule has 1 unspecified atom stereocenters. The molecular formula is C10H24N2O2S. The standard InChI is InChI=1S/C10H24N2O2S/c1-5-10(3,9-11)12(6-2)7-8-15(4,13)14/h5-9,11H2,1-4H3. The van der Waals surface area contributed by atoms with Crippen LogP contribution in [0.3, 0.4) is 0 Å². The van der Waals surface area contributed by atoms with Gasteiger partial charge in [-0.3, -0.25) is 4.90 Å². The SMILES string of the molecule is CCN(CCS(C)(=O)=O)C(C)(CC)CN. The number of hydrogen-bond acceptors (Lipinski definition) is 4. The van der Waals surface area contributed by atoms with Gasteiger partial charge in [0.25, 0.3) is 0 Å². The molecule has 0 fully saturated rings. The van der Waals surface area contributed by atoms with Crippen LogP contribution in [0.2, 0.25) is 0 Å². The summed E-state index contributed by atoms with van der Waals surface area (Å²) in [5.74, 6) is 0.205. The van der Waals surface area contributed by atoms with E-state index < -0.39 is 9.84 Å². The van der Waals surface area contributed by atoms with Crippen molar-refractivity contribution in [1.82, 2.24) is 4.90 Å². The van der Waals surface area contributed by atoms with E-state index in [9.17, 15) is 8.42 Å². The van der Waals surface area contributed by atoms with Gasteiger partial charge >= 0.3 is 0 Å². The molecule has 0 aromatic heterocycles. The fourth-order valence-electron chi connectivity index (χ4n) is 1.58. The summed E-state index contributed by atoms with van der Waals surface area (Å²) in [6, 6.07) is 0. The molecule has 0 aromatic rings. The number of sulfone groups is 1. The first-order chi connectivity index (χ1) is 6.79. The second kappa shape index (κ2) is 5.82. The zero-order valence-electron chi connectivity index (χ0n) is 10.3. The molecule has 0 rings (SSSR count). The maximum atomic E-state index is 11.1. The molecule has 2 N–H and O–H groups in total. The van der Waals surface area contributed by atoms with Crippen LogP contribution in [0.5, 0.6) is 0 Å². The summed E-state index contributed by atoms with van der Waals surface area (Å²) in [4.78, 5) is 2.15. The third kappa shape index (κ3) is 4.95. The number of hydrogen-bond donors (Lipinski definition) is 1. The molecule has 0 spiro atoms. The van der Waals surface area contributed by atoms with E-state index >= 15 is 0 Å². The molecule has 4 nitrogen and oxygen atoms in total. The molecule has 0 aromatic carbocycles. The van der Waals surface area contributed by atoms with Crippen LogP contribution in [-0.4, -0.2) is 50.5 Å². The zero-order chi connectivity index (χ0) is 12.1. The van der Waals surface area contributed by atoms with E-state index in [1.165, 1.54) is 6.26 Å². The first kappa shape index (κ1) is 14.9. The van der Waals surface area contributed by atoms with E-state index in [0.717, 1.165) is 13.0 Å². The van der Waals surface area contributed by atoms with Crippen molar-refractivity contribution < 1.29 is 8.42 Å². The van der Waals surface area contributed by atoms with Gasteiger partial charge in [0, 0.05) is 24.9 Å². The highest BCUT2D eigenvalue weighted by atomic mass is 32.2. The van der Waals surface area contributed by atoms with Crippen molar-refractivity contribution in [2.24, 2.45) is 5.73 Å². The molecule has 0 saturated carbocycles. The van der Waals surface area contributed by atoms with E-state index in [1.807, 2.05) is 6.92 Å². The van der Waals surface area contributed by atoms with E-state index in [1.54, 1.807) is 0 Å². The van der Waals surface area contributed by atoms with E-state index in [2.05, 4.69) is 18.7 Å². The van der Waals surface area contributed by atoms with Crippen LogP contribution in [0.1, 0.15) is 27.2 Å². The molecular weight excluding hydrogens is 212 g/mol. The number of nitrogens with two attached hydrogens (primary N) is 1. The summed E-state index contributed by atoms with van der Waals surface area (Å²) >= 11 is 0. The Morgan fingerprint density at radius 1 is 1.33 bits per heavy atom. The molecule has 0 aliphatic carbocycles. The van der Waals surface area contributed by atoms with E-state index in [-0.39, 0.29) is 11.3 Å². The van der Waals surface area contributed by atoms with Gasteiger partial charge in [0.05, 0.1) is 5.75 Å². The van der Waals surface area contributed by atoms with Crippen LogP contribution in [0, 0.1) is 0 Å². The van der Waals surface area contributed by atoms with Crippen molar-refractivity contribution in [1.29, 1.82) is 0 Å². The Kier molecular flexibility index (Phi) is 5.77. The monoisotopic (exact) mass is 236 g/mol. The minimum Gasteiger partial charge on any atom is -0.329 e. The summed E-state index contributed by atoms with van der Waals surface area (Å²) in [7, 11) is -2.89. The molecule has 0 amide bonds. The Labute approximate surface area is 93.7 Å². The van der Waals surface area contributed by atoms with Crippen molar-refractivity contribution in [3.8, 4) is 0 Å². The summed E-state index contributed by atoms with van der Waals surface area (Å²) in [6.07, 6.45) is 2.20. The maximum Gasteiger partial charge on any atom is 0.148 e. The van der Waals surface area contributed by atoms with Crippen LogP contribution < -0.4 is 5.73 Å². The van der Waals surface area contributed by atoms with Crippen LogP contribution in [0.25, 0.3) is 0 Å². The Bertz CT molecular complexity index is 271. The van der Waals surface area contributed by atoms with Gasteiger partial charge in [0.2, 0.25) is 0 Å². The highest BCUT2D eigenvalue weighted by molar-refractivity contribution is 7.90. The fraction of sp³-hybridized carbons (Fsp3) is 1.00. The van der Waals surface area contributed by atoms with Gasteiger partial charge < -0.3 is 5.73 Å². The predicted octanol–water partition coefficient (Wildman–Crippen LogP) is 0.480. The zero-order valence-corrected chi connectivity index (χ0v) is 11.1. The molecule has 0 aliphatic rings. The normalized spacial score (nSPS) is 16.7. The minimum atomic E-state index is -2.89. The summed E-state index contributed by atoms with van der Waals surface area (Å²) < 4.78 is 22.2. The molecule has 0 heterocycles. The average molecular weight is 236 g/mol. The van der Waals surface area contributed by atoms with Gasteiger partial charge in [0.1, 0.15) is 9.84 Å². The number of nitrogens with zero attached hydrogens (tertiary/aromatic N) is 1. The Balaban J connectivity index is 4.49. The Morgan fingerprint density at radius 2 is 1.87 bits per heavy atom. The fourth-order valence-corrected chi connectivity index (χ4v) is 2.13. The Hall–Kier alpha value is -0.130. The second-order valence-electron chi connectivity index (χ2n) is 4.26. The summed E-state index contributed by atoms with van der Waals surface area (Å²) in [6.45, 7) is 8.15. The predicted molar refractivity (Wildman–Crippen MR) is 64.7 cm³/mol. The molecule has 0 bridgehead atoms. The first-order valence-corrected chi connectivity index (χ1v) is 7.48. The van der Waals surface area contributed by atoms with E-state index in [4.69, 9.17) is 5.73 Å². The van der Waals surface area contributed by atoms with Crippen LogP contribution in [0.15, 0.2) is 0 Å². The molecule has 0 radical (unpaired) electrons. The van der Waals surface area contributed by atoms with Gasteiger partial charge in [-0.1, -0.05) is 13.8 Å². The molecule has 0 saturated heterocycles. The highest BCUT2D eigenvalue weighted by Gasteiger charge is 2.27. The van der Waals surface area contributed by atoms with Crippen LogP contribution >= 0.6 is 0 Å². The van der Waals surface area contributed by atoms with Crippen molar-refractivity contribution in [2.45, 2.75) is 32.7 Å². The quantitative estimate of drug-likeness (QED) is 0.698. The molecule has 5 heteroatoms. The number of likely N-dealkylation sites (N-methyl/N-ethyl adjacent to an activating group) is 1. The second-order valence-corrected chi connectivity index (χ2v) is 6.52. The minimum absolute atomic E-state index is 0.0839. The lowest BCUT2D eigenvalue weighted by atomic mass is 9.96. The lowest BCUT2D eigenvalue weighted by molar-refractivity contribution is 0.121. The van der Waals surface area contributed by atoms with Gasteiger partial charge in [-0.05, 0) is 19.9 Å². The summed E-state index contributed by atoms with van der Waals surface area (Å²) in [5.41, 5.74) is 5.66. The van der Waals surface area contributed by atoms with Crippen molar-refractivity contribution in [2.75, 3.05) is 31.6 Å². The van der Waals surface area contributed by atoms with Gasteiger partial charge in [0.15, 0.2) is 0 Å². The molecule has 1 atom stereocenters. The maximum absolute atomic E-state index is 11.1. The van der Waals surface area contributed by atoms with Crippen LogP contribution in [0.4, 0.5) is 0 Å². The lowest BCUT2D eigenvalue weighted by Crippen LogP contribution is -2.52. The molecule has 0 aliphatic heterocycles. The van der Waals surface area contributed by atoms with Crippen molar-refractivity contribution in [3.63, 3.8) is 0 Å².